The Morgan fingerprint density at radius 3 is 2.69 bits per heavy atom. The second-order valence-electron chi connectivity index (χ2n) is 6.53. The summed E-state index contributed by atoms with van der Waals surface area (Å²) in [5.74, 6) is 1.61. The van der Waals surface area contributed by atoms with Gasteiger partial charge in [-0.25, -0.2) is 0 Å². The van der Waals surface area contributed by atoms with Gasteiger partial charge in [0.15, 0.2) is 11.6 Å². The average molecular weight is 348 g/mol. The van der Waals surface area contributed by atoms with Crippen molar-refractivity contribution < 1.29 is 9.90 Å². The molecule has 132 valence electrons. The Labute approximate surface area is 151 Å². The van der Waals surface area contributed by atoms with Crippen LogP contribution < -0.4 is 0 Å². The van der Waals surface area contributed by atoms with Crippen molar-refractivity contribution in [2.45, 2.75) is 25.9 Å². The molecular formula is C20H20N4O2. The zero-order valence-corrected chi connectivity index (χ0v) is 14.5. The Morgan fingerprint density at radius 1 is 1.12 bits per heavy atom. The molecule has 1 aliphatic rings. The van der Waals surface area contributed by atoms with Crippen LogP contribution in [-0.4, -0.2) is 37.2 Å². The van der Waals surface area contributed by atoms with E-state index in [9.17, 15) is 9.90 Å². The number of benzene rings is 2. The summed E-state index contributed by atoms with van der Waals surface area (Å²) in [5.41, 5.74) is 1.96. The predicted octanol–water partition coefficient (Wildman–Crippen LogP) is 2.80. The third-order valence-corrected chi connectivity index (χ3v) is 4.77. The van der Waals surface area contributed by atoms with E-state index in [1.54, 1.807) is 18.2 Å². The topological polar surface area (TPSA) is 71.2 Å². The Balaban J connectivity index is 1.58. The number of hydrogen-bond donors (Lipinski definition) is 1. The van der Waals surface area contributed by atoms with E-state index in [1.165, 1.54) is 5.56 Å². The van der Waals surface area contributed by atoms with E-state index in [-0.39, 0.29) is 17.7 Å². The fraction of sp³-hybridized carbons (Fsp3) is 0.250. The van der Waals surface area contributed by atoms with Gasteiger partial charge in [-0.3, -0.25) is 9.36 Å². The van der Waals surface area contributed by atoms with E-state index in [0.29, 0.717) is 18.9 Å². The smallest absolute Gasteiger partial charge is 0.245 e. The van der Waals surface area contributed by atoms with Crippen LogP contribution in [0, 0.1) is 0 Å². The van der Waals surface area contributed by atoms with Crippen molar-refractivity contribution in [2.75, 3.05) is 6.54 Å². The summed E-state index contributed by atoms with van der Waals surface area (Å²) < 4.78 is 1.87. The molecule has 0 bridgehead atoms. The standard InChI is InChI=1S/C20H20N4O2/c1-14-20(26)23(11-10-15-6-3-2-4-7-15)13-18-21-22-19(24(14)18)16-8-5-9-17(25)12-16/h2-9,12,14,25H,10-11,13H2,1H3/t14-/m1/s1. The lowest BCUT2D eigenvalue weighted by Gasteiger charge is -2.32. The number of amides is 1. The molecule has 26 heavy (non-hydrogen) atoms. The molecule has 1 aliphatic heterocycles. The molecule has 2 heterocycles. The molecule has 0 spiro atoms. The molecule has 1 atom stereocenters. The molecule has 0 radical (unpaired) electrons. The van der Waals surface area contributed by atoms with Gasteiger partial charge in [-0.1, -0.05) is 42.5 Å². The summed E-state index contributed by atoms with van der Waals surface area (Å²) >= 11 is 0. The normalized spacial score (nSPS) is 16.6. The van der Waals surface area contributed by atoms with Crippen LogP contribution in [0.1, 0.15) is 24.4 Å². The van der Waals surface area contributed by atoms with E-state index < -0.39 is 0 Å². The molecule has 1 amide bonds. The average Bonchev–Trinajstić information content (AvgIpc) is 3.08. The van der Waals surface area contributed by atoms with Gasteiger partial charge in [0.2, 0.25) is 5.91 Å². The van der Waals surface area contributed by atoms with Crippen LogP contribution in [-0.2, 0) is 17.8 Å². The highest BCUT2D eigenvalue weighted by Crippen LogP contribution is 2.29. The monoisotopic (exact) mass is 348 g/mol. The molecule has 0 saturated heterocycles. The Bertz CT molecular complexity index is 936. The van der Waals surface area contributed by atoms with Crippen molar-refractivity contribution in [3.05, 3.63) is 66.0 Å². The maximum atomic E-state index is 12.9. The summed E-state index contributed by atoms with van der Waals surface area (Å²) in [7, 11) is 0. The first kappa shape index (κ1) is 16.3. The molecule has 0 saturated carbocycles. The molecule has 1 N–H and O–H groups in total. The van der Waals surface area contributed by atoms with Gasteiger partial charge in [0.25, 0.3) is 0 Å². The van der Waals surface area contributed by atoms with Crippen LogP contribution in [0.4, 0.5) is 0 Å². The van der Waals surface area contributed by atoms with Crippen molar-refractivity contribution in [2.24, 2.45) is 0 Å². The maximum absolute atomic E-state index is 12.9. The quantitative estimate of drug-likeness (QED) is 0.787. The molecule has 6 nitrogen and oxygen atoms in total. The second-order valence-corrected chi connectivity index (χ2v) is 6.53. The first-order valence-corrected chi connectivity index (χ1v) is 8.69. The number of fused-ring (bicyclic) bond motifs is 1. The minimum Gasteiger partial charge on any atom is -0.508 e. The Kier molecular flexibility index (Phi) is 4.16. The van der Waals surface area contributed by atoms with Crippen LogP contribution in [0.25, 0.3) is 11.4 Å². The summed E-state index contributed by atoms with van der Waals surface area (Å²) in [4.78, 5) is 14.7. The number of carbonyl (C=O) groups is 1. The van der Waals surface area contributed by atoms with Gasteiger partial charge < -0.3 is 10.0 Å². The SMILES string of the molecule is C[C@@H]1C(=O)N(CCc2ccccc2)Cc2nnc(-c3cccc(O)c3)n21. The zero-order chi connectivity index (χ0) is 18.1. The van der Waals surface area contributed by atoms with Crippen LogP contribution in [0.3, 0.4) is 0 Å². The maximum Gasteiger partial charge on any atom is 0.245 e. The summed E-state index contributed by atoms with van der Waals surface area (Å²) in [5, 5.41) is 18.3. The number of phenolic OH excluding ortho intramolecular Hbond substituents is 1. The molecule has 0 fully saturated rings. The lowest BCUT2D eigenvalue weighted by molar-refractivity contribution is -0.136. The highest BCUT2D eigenvalue weighted by atomic mass is 16.3. The molecule has 4 rings (SSSR count). The lowest BCUT2D eigenvalue weighted by atomic mass is 10.1. The van der Waals surface area contributed by atoms with Gasteiger partial charge in [0, 0.05) is 12.1 Å². The molecule has 3 aromatic rings. The highest BCUT2D eigenvalue weighted by Gasteiger charge is 2.33. The predicted molar refractivity (Wildman–Crippen MR) is 97.4 cm³/mol. The number of hydrogen-bond acceptors (Lipinski definition) is 4. The number of aromatic nitrogens is 3. The van der Waals surface area contributed by atoms with Crippen molar-refractivity contribution >= 4 is 5.91 Å². The third kappa shape index (κ3) is 2.94. The number of rotatable bonds is 4. The van der Waals surface area contributed by atoms with Gasteiger partial charge >= 0.3 is 0 Å². The van der Waals surface area contributed by atoms with E-state index >= 15 is 0 Å². The van der Waals surface area contributed by atoms with Crippen LogP contribution in [0.2, 0.25) is 0 Å². The fourth-order valence-electron chi connectivity index (χ4n) is 3.40. The van der Waals surface area contributed by atoms with Crippen LogP contribution in [0.15, 0.2) is 54.6 Å². The van der Waals surface area contributed by atoms with E-state index in [1.807, 2.05) is 40.7 Å². The highest BCUT2D eigenvalue weighted by molar-refractivity contribution is 5.82. The second kappa shape index (κ2) is 6.63. The molecule has 0 unspecified atom stereocenters. The third-order valence-electron chi connectivity index (χ3n) is 4.77. The van der Waals surface area contributed by atoms with Gasteiger partial charge in [-0.2, -0.15) is 0 Å². The van der Waals surface area contributed by atoms with Crippen molar-refractivity contribution in [1.82, 2.24) is 19.7 Å². The fourth-order valence-corrected chi connectivity index (χ4v) is 3.40. The van der Waals surface area contributed by atoms with Gasteiger partial charge in [0.1, 0.15) is 11.8 Å². The minimum absolute atomic E-state index is 0.0645. The van der Waals surface area contributed by atoms with E-state index in [0.717, 1.165) is 17.8 Å². The first-order valence-electron chi connectivity index (χ1n) is 8.69. The molecule has 6 heteroatoms. The number of carbonyl (C=O) groups excluding carboxylic acids is 1. The van der Waals surface area contributed by atoms with Crippen molar-refractivity contribution in [3.8, 4) is 17.1 Å². The minimum atomic E-state index is -0.373. The van der Waals surface area contributed by atoms with E-state index in [4.69, 9.17) is 0 Å². The molecular weight excluding hydrogens is 328 g/mol. The Hall–Kier alpha value is -3.15. The number of phenols is 1. The number of nitrogens with zero attached hydrogens (tertiary/aromatic N) is 4. The molecule has 0 aliphatic carbocycles. The first-order chi connectivity index (χ1) is 12.6. The zero-order valence-electron chi connectivity index (χ0n) is 14.5. The lowest BCUT2D eigenvalue weighted by Crippen LogP contribution is -2.42. The van der Waals surface area contributed by atoms with E-state index in [2.05, 4.69) is 22.3 Å². The largest absolute Gasteiger partial charge is 0.508 e. The van der Waals surface area contributed by atoms with Gasteiger partial charge in [0.05, 0.1) is 6.54 Å². The van der Waals surface area contributed by atoms with Crippen molar-refractivity contribution in [1.29, 1.82) is 0 Å². The van der Waals surface area contributed by atoms with Gasteiger partial charge in [-0.05, 0) is 31.0 Å². The summed E-state index contributed by atoms with van der Waals surface area (Å²) in [6, 6.07) is 16.6. The Morgan fingerprint density at radius 2 is 1.92 bits per heavy atom. The number of aromatic hydroxyl groups is 1. The van der Waals surface area contributed by atoms with Crippen molar-refractivity contribution in [3.63, 3.8) is 0 Å². The summed E-state index contributed by atoms with van der Waals surface area (Å²) in [6.45, 7) is 2.97. The molecule has 1 aromatic heterocycles. The van der Waals surface area contributed by atoms with Crippen LogP contribution >= 0.6 is 0 Å². The molecule has 2 aromatic carbocycles. The van der Waals surface area contributed by atoms with Crippen LogP contribution in [0.5, 0.6) is 5.75 Å². The summed E-state index contributed by atoms with van der Waals surface area (Å²) in [6.07, 6.45) is 0.812. The van der Waals surface area contributed by atoms with Gasteiger partial charge in [-0.15, -0.1) is 10.2 Å².